The van der Waals surface area contributed by atoms with Crippen molar-refractivity contribution >= 4 is 0 Å². The minimum atomic E-state index is 0.601. The molecule has 1 N–H and O–H groups in total. The fourth-order valence-electron chi connectivity index (χ4n) is 3.63. The Labute approximate surface area is 108 Å². The van der Waals surface area contributed by atoms with E-state index in [9.17, 15) is 0 Å². The number of rotatable bonds is 2. The fourth-order valence-corrected chi connectivity index (χ4v) is 3.63. The average Bonchev–Trinajstić information content (AvgIpc) is 2.26. The van der Waals surface area contributed by atoms with Crippen molar-refractivity contribution in [3.05, 3.63) is 0 Å². The van der Waals surface area contributed by atoms with Crippen molar-refractivity contribution in [2.24, 2.45) is 17.3 Å². The van der Waals surface area contributed by atoms with Crippen LogP contribution in [0, 0.1) is 17.3 Å². The van der Waals surface area contributed by atoms with Crippen LogP contribution in [0.5, 0.6) is 0 Å². The first-order chi connectivity index (χ1) is 7.96. The Morgan fingerprint density at radius 3 is 2.24 bits per heavy atom. The van der Waals surface area contributed by atoms with Crippen LogP contribution in [0.4, 0.5) is 0 Å². The topological polar surface area (TPSA) is 12.0 Å². The Morgan fingerprint density at radius 1 is 0.941 bits per heavy atom. The predicted molar refractivity (Wildman–Crippen MR) is 75.1 cm³/mol. The van der Waals surface area contributed by atoms with Gasteiger partial charge in [-0.1, -0.05) is 34.1 Å². The molecular weight excluding hydrogens is 206 g/mol. The van der Waals surface area contributed by atoms with Crippen LogP contribution >= 0.6 is 0 Å². The second-order valence-electron chi connectivity index (χ2n) is 7.61. The van der Waals surface area contributed by atoms with Crippen LogP contribution in [-0.2, 0) is 0 Å². The summed E-state index contributed by atoms with van der Waals surface area (Å²) < 4.78 is 0. The van der Waals surface area contributed by atoms with Crippen molar-refractivity contribution in [3.8, 4) is 0 Å². The minimum absolute atomic E-state index is 0.601. The van der Waals surface area contributed by atoms with Gasteiger partial charge in [-0.25, -0.2) is 0 Å². The molecule has 0 aromatic rings. The maximum Gasteiger partial charge on any atom is 0.00978 e. The lowest BCUT2D eigenvalue weighted by Crippen LogP contribution is -2.46. The molecule has 0 amide bonds. The first-order valence-electron chi connectivity index (χ1n) is 7.72. The minimum Gasteiger partial charge on any atom is -0.311 e. The van der Waals surface area contributed by atoms with Crippen molar-refractivity contribution in [1.82, 2.24) is 5.32 Å². The van der Waals surface area contributed by atoms with Gasteiger partial charge in [-0.15, -0.1) is 0 Å². The summed E-state index contributed by atoms with van der Waals surface area (Å²) in [5.74, 6) is 1.82. The zero-order valence-electron chi connectivity index (χ0n) is 12.3. The molecule has 0 spiro atoms. The molecule has 2 saturated carbocycles. The van der Waals surface area contributed by atoms with E-state index < -0.39 is 0 Å². The second-order valence-corrected chi connectivity index (χ2v) is 7.61. The molecule has 2 aliphatic rings. The Bertz CT molecular complexity index is 236. The van der Waals surface area contributed by atoms with E-state index in [0.717, 1.165) is 23.9 Å². The van der Waals surface area contributed by atoms with Gasteiger partial charge < -0.3 is 5.32 Å². The normalized spacial score (nSPS) is 39.2. The van der Waals surface area contributed by atoms with Gasteiger partial charge in [0.15, 0.2) is 0 Å². The third-order valence-electron chi connectivity index (χ3n) is 5.25. The molecule has 2 aliphatic carbocycles. The number of nitrogens with one attached hydrogen (secondary N) is 1. The van der Waals surface area contributed by atoms with Gasteiger partial charge in [0.1, 0.15) is 0 Å². The molecule has 17 heavy (non-hydrogen) atoms. The van der Waals surface area contributed by atoms with Gasteiger partial charge in [0.25, 0.3) is 0 Å². The molecule has 1 nitrogen and oxygen atoms in total. The summed E-state index contributed by atoms with van der Waals surface area (Å²) >= 11 is 0. The van der Waals surface area contributed by atoms with Crippen molar-refractivity contribution in [1.29, 1.82) is 0 Å². The standard InChI is InChI=1S/C16H31N/c1-12-5-6-13(2)15(11-12)17-14-7-9-16(3,4)10-8-14/h12-15,17H,5-11H2,1-4H3. The quantitative estimate of drug-likeness (QED) is 0.752. The third-order valence-corrected chi connectivity index (χ3v) is 5.25. The summed E-state index contributed by atoms with van der Waals surface area (Å²) in [6.45, 7) is 9.71. The monoisotopic (exact) mass is 237 g/mol. The highest BCUT2D eigenvalue weighted by Gasteiger charge is 2.31. The van der Waals surface area contributed by atoms with Crippen molar-refractivity contribution < 1.29 is 0 Å². The molecule has 0 aromatic heterocycles. The molecule has 2 rings (SSSR count). The Hall–Kier alpha value is -0.0400. The Morgan fingerprint density at radius 2 is 1.59 bits per heavy atom. The lowest BCUT2D eigenvalue weighted by atomic mass is 9.74. The van der Waals surface area contributed by atoms with E-state index in [-0.39, 0.29) is 0 Å². The van der Waals surface area contributed by atoms with E-state index >= 15 is 0 Å². The first-order valence-corrected chi connectivity index (χ1v) is 7.72. The van der Waals surface area contributed by atoms with Gasteiger partial charge in [0.05, 0.1) is 0 Å². The van der Waals surface area contributed by atoms with Gasteiger partial charge in [0, 0.05) is 12.1 Å². The summed E-state index contributed by atoms with van der Waals surface area (Å²) in [7, 11) is 0. The lowest BCUT2D eigenvalue weighted by Gasteiger charge is -2.40. The first kappa shape index (κ1) is 13.4. The maximum absolute atomic E-state index is 3.98. The zero-order valence-corrected chi connectivity index (χ0v) is 12.3. The second kappa shape index (κ2) is 5.30. The molecular formula is C16H31N. The van der Waals surface area contributed by atoms with E-state index in [1.807, 2.05) is 0 Å². The summed E-state index contributed by atoms with van der Waals surface area (Å²) in [6, 6.07) is 1.60. The molecule has 3 atom stereocenters. The molecule has 0 bridgehead atoms. The van der Waals surface area contributed by atoms with Crippen molar-refractivity contribution in [2.75, 3.05) is 0 Å². The van der Waals surface area contributed by atoms with Crippen molar-refractivity contribution in [3.63, 3.8) is 0 Å². The zero-order chi connectivity index (χ0) is 12.5. The molecule has 0 aliphatic heterocycles. The van der Waals surface area contributed by atoms with Gasteiger partial charge in [0.2, 0.25) is 0 Å². The highest BCUT2D eigenvalue weighted by molar-refractivity contribution is 4.88. The van der Waals surface area contributed by atoms with Gasteiger partial charge in [-0.3, -0.25) is 0 Å². The molecule has 0 heterocycles. The van der Waals surface area contributed by atoms with Crippen LogP contribution in [0.25, 0.3) is 0 Å². The van der Waals surface area contributed by atoms with Crippen molar-refractivity contribution in [2.45, 2.75) is 84.7 Å². The summed E-state index contributed by atoms with van der Waals surface area (Å²) in [5, 5.41) is 3.98. The van der Waals surface area contributed by atoms with E-state index in [4.69, 9.17) is 0 Å². The summed E-state index contributed by atoms with van der Waals surface area (Å²) in [4.78, 5) is 0. The fraction of sp³-hybridized carbons (Fsp3) is 1.00. The maximum atomic E-state index is 3.98. The highest BCUT2D eigenvalue weighted by Crippen LogP contribution is 2.36. The molecule has 100 valence electrons. The van der Waals surface area contributed by atoms with E-state index in [0.29, 0.717) is 5.41 Å². The summed E-state index contributed by atoms with van der Waals surface area (Å²) in [6.07, 6.45) is 9.87. The van der Waals surface area contributed by atoms with Crippen LogP contribution < -0.4 is 5.32 Å². The van der Waals surface area contributed by atoms with Gasteiger partial charge in [-0.05, 0) is 55.8 Å². The lowest BCUT2D eigenvalue weighted by molar-refractivity contribution is 0.160. The average molecular weight is 237 g/mol. The smallest absolute Gasteiger partial charge is 0.00978 e. The van der Waals surface area contributed by atoms with E-state index in [1.165, 1.54) is 44.9 Å². The Kier molecular flexibility index (Phi) is 4.18. The predicted octanol–water partition coefficient (Wildman–Crippen LogP) is 4.37. The number of hydrogen-bond acceptors (Lipinski definition) is 1. The molecule has 3 unspecified atom stereocenters. The van der Waals surface area contributed by atoms with Gasteiger partial charge >= 0.3 is 0 Å². The van der Waals surface area contributed by atoms with Crippen LogP contribution in [-0.4, -0.2) is 12.1 Å². The van der Waals surface area contributed by atoms with Crippen LogP contribution in [0.1, 0.15) is 72.6 Å². The van der Waals surface area contributed by atoms with Gasteiger partial charge in [-0.2, -0.15) is 0 Å². The molecule has 0 saturated heterocycles. The highest BCUT2D eigenvalue weighted by atomic mass is 15.0. The largest absolute Gasteiger partial charge is 0.311 e. The third kappa shape index (κ3) is 3.71. The summed E-state index contributed by atoms with van der Waals surface area (Å²) in [5.41, 5.74) is 0.601. The molecule has 1 heteroatoms. The van der Waals surface area contributed by atoms with E-state index in [1.54, 1.807) is 0 Å². The number of hydrogen-bond donors (Lipinski definition) is 1. The molecule has 0 radical (unpaired) electrons. The molecule has 2 fully saturated rings. The Balaban J connectivity index is 1.80. The van der Waals surface area contributed by atoms with Crippen LogP contribution in [0.15, 0.2) is 0 Å². The SMILES string of the molecule is CC1CCC(C)C(NC2CCC(C)(C)CC2)C1. The van der Waals surface area contributed by atoms with Crippen LogP contribution in [0.3, 0.4) is 0 Å². The van der Waals surface area contributed by atoms with Crippen LogP contribution in [0.2, 0.25) is 0 Å². The van der Waals surface area contributed by atoms with E-state index in [2.05, 4.69) is 33.0 Å². The molecule has 0 aromatic carbocycles.